The SMILES string of the molecule is CC(=O)O[C@H]1CC[C@@]2(C)[C@@H](CC[C@@H]3[C@@H]2CC[C@]2(C)[C@@H](C(C)=O)CC[C@@]32O)C1. The van der Waals surface area contributed by atoms with Crippen LogP contribution in [-0.2, 0) is 14.3 Å². The molecule has 0 aliphatic heterocycles. The standard InChI is InChI=1S/C23H36O4/c1-14(24)18-9-12-23(26)20-6-5-16-13-17(27-15(2)25)7-10-21(16,3)19(20)8-11-22(18,23)4/h16-20,26H,5-13H2,1-4H3/t16-,17-,18+,19-,20+,21-,22+,23+/m0/s1. The fourth-order valence-corrected chi connectivity index (χ4v) is 8.18. The summed E-state index contributed by atoms with van der Waals surface area (Å²) in [4.78, 5) is 23.7. The molecule has 4 aliphatic carbocycles. The predicted molar refractivity (Wildman–Crippen MR) is 103 cm³/mol. The summed E-state index contributed by atoms with van der Waals surface area (Å²) in [5.74, 6) is 1.53. The van der Waals surface area contributed by atoms with Crippen LogP contribution in [0, 0.1) is 34.5 Å². The number of ether oxygens (including phenoxy) is 1. The van der Waals surface area contributed by atoms with Crippen LogP contribution in [-0.4, -0.2) is 28.6 Å². The summed E-state index contributed by atoms with van der Waals surface area (Å²) in [7, 11) is 0. The van der Waals surface area contributed by atoms with Crippen LogP contribution in [0.3, 0.4) is 0 Å². The predicted octanol–water partition coefficient (Wildman–Crippen LogP) is 4.28. The van der Waals surface area contributed by atoms with Crippen LogP contribution in [0.2, 0.25) is 0 Å². The number of carbonyl (C=O) groups excluding carboxylic acids is 2. The fourth-order valence-electron chi connectivity index (χ4n) is 8.18. The minimum atomic E-state index is -0.688. The quantitative estimate of drug-likeness (QED) is 0.731. The zero-order valence-electron chi connectivity index (χ0n) is 17.4. The van der Waals surface area contributed by atoms with Gasteiger partial charge in [0.05, 0.1) is 5.60 Å². The first kappa shape index (κ1) is 19.4. The summed E-state index contributed by atoms with van der Waals surface area (Å²) in [6, 6.07) is 0. The Morgan fingerprint density at radius 3 is 2.33 bits per heavy atom. The van der Waals surface area contributed by atoms with E-state index in [0.29, 0.717) is 17.8 Å². The molecule has 27 heavy (non-hydrogen) atoms. The maximum absolute atomic E-state index is 12.3. The number of hydrogen-bond donors (Lipinski definition) is 1. The number of ketones is 1. The van der Waals surface area contributed by atoms with Crippen molar-refractivity contribution in [3.8, 4) is 0 Å². The molecule has 0 radical (unpaired) electrons. The summed E-state index contributed by atoms with van der Waals surface area (Å²) in [6.07, 6.45) is 8.96. The lowest BCUT2D eigenvalue weighted by atomic mass is 9.43. The summed E-state index contributed by atoms with van der Waals surface area (Å²) in [6.45, 7) is 7.84. The summed E-state index contributed by atoms with van der Waals surface area (Å²) < 4.78 is 5.54. The van der Waals surface area contributed by atoms with Crippen molar-refractivity contribution in [3.05, 3.63) is 0 Å². The molecule has 4 fully saturated rings. The van der Waals surface area contributed by atoms with Gasteiger partial charge in [0.2, 0.25) is 0 Å². The first-order chi connectivity index (χ1) is 12.6. The van der Waals surface area contributed by atoms with E-state index in [0.717, 1.165) is 57.8 Å². The van der Waals surface area contributed by atoms with Crippen LogP contribution in [0.5, 0.6) is 0 Å². The Hall–Kier alpha value is -0.900. The van der Waals surface area contributed by atoms with Gasteiger partial charge in [-0.3, -0.25) is 9.59 Å². The Bertz CT molecular complexity index is 644. The molecule has 0 heterocycles. The van der Waals surface area contributed by atoms with Crippen molar-refractivity contribution < 1.29 is 19.4 Å². The molecule has 0 aromatic carbocycles. The van der Waals surface area contributed by atoms with Gasteiger partial charge < -0.3 is 9.84 Å². The number of carbonyl (C=O) groups is 2. The molecule has 0 spiro atoms. The first-order valence-electron chi connectivity index (χ1n) is 11.0. The van der Waals surface area contributed by atoms with E-state index < -0.39 is 5.60 Å². The van der Waals surface area contributed by atoms with Crippen LogP contribution in [0.4, 0.5) is 0 Å². The van der Waals surface area contributed by atoms with E-state index >= 15 is 0 Å². The minimum Gasteiger partial charge on any atom is -0.463 e. The zero-order chi connectivity index (χ0) is 19.6. The number of aliphatic hydroxyl groups is 1. The smallest absolute Gasteiger partial charge is 0.302 e. The van der Waals surface area contributed by atoms with Crippen LogP contribution in [0.15, 0.2) is 0 Å². The molecule has 8 atom stereocenters. The van der Waals surface area contributed by atoms with E-state index in [1.807, 2.05) is 0 Å². The monoisotopic (exact) mass is 376 g/mol. The molecule has 4 rings (SSSR count). The number of esters is 1. The molecule has 0 unspecified atom stereocenters. The topological polar surface area (TPSA) is 63.6 Å². The summed E-state index contributed by atoms with van der Waals surface area (Å²) in [5, 5.41) is 11.9. The molecule has 0 saturated heterocycles. The van der Waals surface area contributed by atoms with Crippen molar-refractivity contribution >= 4 is 11.8 Å². The molecule has 4 nitrogen and oxygen atoms in total. The Balaban J connectivity index is 1.59. The van der Waals surface area contributed by atoms with Crippen LogP contribution in [0.25, 0.3) is 0 Å². The third-order valence-corrected chi connectivity index (χ3v) is 9.63. The van der Waals surface area contributed by atoms with Gasteiger partial charge in [-0.25, -0.2) is 0 Å². The Morgan fingerprint density at radius 1 is 0.926 bits per heavy atom. The second-order valence-corrected chi connectivity index (χ2v) is 10.6. The molecule has 4 aliphatic rings. The second-order valence-electron chi connectivity index (χ2n) is 10.6. The molecule has 1 N–H and O–H groups in total. The minimum absolute atomic E-state index is 0.0219. The normalized spacial score (nSPS) is 51.7. The molecule has 0 aromatic rings. The van der Waals surface area contributed by atoms with E-state index in [9.17, 15) is 14.7 Å². The van der Waals surface area contributed by atoms with E-state index in [1.54, 1.807) is 6.92 Å². The molecular formula is C23H36O4. The number of rotatable bonds is 2. The average Bonchev–Trinajstić information content (AvgIpc) is 2.86. The Labute approximate surface area is 163 Å². The maximum Gasteiger partial charge on any atom is 0.302 e. The molecule has 4 saturated carbocycles. The molecular weight excluding hydrogens is 340 g/mol. The highest BCUT2D eigenvalue weighted by Crippen LogP contribution is 2.69. The lowest BCUT2D eigenvalue weighted by molar-refractivity contribution is -0.211. The molecule has 4 heteroatoms. The van der Waals surface area contributed by atoms with Crippen molar-refractivity contribution in [1.82, 2.24) is 0 Å². The van der Waals surface area contributed by atoms with Gasteiger partial charge in [-0.1, -0.05) is 13.8 Å². The zero-order valence-corrected chi connectivity index (χ0v) is 17.4. The van der Waals surface area contributed by atoms with Gasteiger partial charge in [-0.05, 0) is 87.9 Å². The highest BCUT2D eigenvalue weighted by molar-refractivity contribution is 5.80. The van der Waals surface area contributed by atoms with Gasteiger partial charge in [-0.2, -0.15) is 0 Å². The van der Waals surface area contributed by atoms with Gasteiger partial charge in [0.1, 0.15) is 11.9 Å². The Kier molecular flexibility index (Phi) is 4.53. The van der Waals surface area contributed by atoms with Gasteiger partial charge in [0, 0.05) is 18.3 Å². The fraction of sp³-hybridized carbons (Fsp3) is 0.913. The van der Waals surface area contributed by atoms with Crippen molar-refractivity contribution in [3.63, 3.8) is 0 Å². The molecule has 0 amide bonds. The Morgan fingerprint density at radius 2 is 1.67 bits per heavy atom. The van der Waals surface area contributed by atoms with Gasteiger partial charge in [-0.15, -0.1) is 0 Å². The van der Waals surface area contributed by atoms with Crippen LogP contribution < -0.4 is 0 Å². The summed E-state index contributed by atoms with van der Waals surface area (Å²) in [5.41, 5.74) is -0.712. The number of Topliss-reactive ketones (excluding diaryl/α,β-unsaturated/α-hetero) is 1. The second kappa shape index (κ2) is 6.30. The van der Waals surface area contributed by atoms with E-state index in [-0.39, 0.29) is 34.6 Å². The number of fused-ring (bicyclic) bond motifs is 5. The van der Waals surface area contributed by atoms with E-state index in [1.165, 1.54) is 6.92 Å². The maximum atomic E-state index is 12.3. The molecule has 0 bridgehead atoms. The summed E-state index contributed by atoms with van der Waals surface area (Å²) >= 11 is 0. The highest BCUT2D eigenvalue weighted by Gasteiger charge is 2.67. The van der Waals surface area contributed by atoms with Crippen molar-refractivity contribution in [2.24, 2.45) is 34.5 Å². The van der Waals surface area contributed by atoms with Gasteiger partial charge in [0.15, 0.2) is 0 Å². The average molecular weight is 377 g/mol. The largest absolute Gasteiger partial charge is 0.463 e. The van der Waals surface area contributed by atoms with E-state index in [2.05, 4.69) is 13.8 Å². The van der Waals surface area contributed by atoms with Crippen LogP contribution in [0.1, 0.15) is 85.5 Å². The van der Waals surface area contributed by atoms with Gasteiger partial charge >= 0.3 is 5.97 Å². The third-order valence-electron chi connectivity index (χ3n) is 9.63. The number of hydrogen-bond acceptors (Lipinski definition) is 4. The lowest BCUT2D eigenvalue weighted by Gasteiger charge is -2.63. The molecule has 152 valence electrons. The van der Waals surface area contributed by atoms with Crippen LogP contribution >= 0.6 is 0 Å². The lowest BCUT2D eigenvalue weighted by Crippen LogP contribution is -2.62. The van der Waals surface area contributed by atoms with Crippen molar-refractivity contribution in [2.45, 2.75) is 97.2 Å². The highest BCUT2D eigenvalue weighted by atomic mass is 16.5. The van der Waals surface area contributed by atoms with Gasteiger partial charge in [0.25, 0.3) is 0 Å². The third kappa shape index (κ3) is 2.65. The van der Waals surface area contributed by atoms with Crippen molar-refractivity contribution in [2.75, 3.05) is 0 Å². The first-order valence-corrected chi connectivity index (χ1v) is 11.0. The van der Waals surface area contributed by atoms with Crippen molar-refractivity contribution in [1.29, 1.82) is 0 Å². The molecule has 0 aromatic heterocycles. The van der Waals surface area contributed by atoms with E-state index in [4.69, 9.17) is 4.74 Å².